The maximum absolute atomic E-state index is 6.81. The Morgan fingerprint density at radius 2 is 1.90 bits per heavy atom. The lowest BCUT2D eigenvalue weighted by molar-refractivity contribution is 1.43. The molecule has 1 heteroatoms. The Balaban J connectivity index is 2.93. The van der Waals surface area contributed by atoms with Crippen molar-refractivity contribution in [1.29, 1.82) is 0 Å². The molecule has 1 rings (SSSR count). The zero-order chi connectivity index (χ0) is 7.40. The summed E-state index contributed by atoms with van der Waals surface area (Å²) in [6, 6.07) is 7.71. The minimum Gasteiger partial charge on any atom is -0.0876 e. The molecule has 0 saturated carbocycles. The van der Waals surface area contributed by atoms with E-state index in [4.69, 9.17) is 6.42 Å². The van der Waals surface area contributed by atoms with Gasteiger partial charge < -0.3 is 0 Å². The van der Waals surface area contributed by atoms with Crippen molar-refractivity contribution >= 4 is 15.9 Å². The fourth-order valence-electron chi connectivity index (χ4n) is 0.677. The van der Waals surface area contributed by atoms with Crippen LogP contribution >= 0.6 is 15.9 Å². The Bertz CT molecular complexity index is 240. The number of halogens is 1. The molecule has 1 radical (unpaired) electrons. The maximum atomic E-state index is 6.81. The normalized spacial score (nSPS) is 8.80. The Hall–Kier alpha value is -0.740. The summed E-state index contributed by atoms with van der Waals surface area (Å²) in [6.45, 7) is 0. The Morgan fingerprint density at radius 3 is 2.30 bits per heavy atom. The van der Waals surface area contributed by atoms with Gasteiger partial charge in [0.05, 0.1) is 0 Å². The highest BCUT2D eigenvalue weighted by molar-refractivity contribution is 9.08. The molecular formula is C9H6Br. The molecule has 0 bridgehead atoms. The monoisotopic (exact) mass is 193 g/mol. The predicted molar refractivity (Wildman–Crippen MR) is 45.3 cm³/mol. The van der Waals surface area contributed by atoms with Gasteiger partial charge in [0.15, 0.2) is 0 Å². The van der Waals surface area contributed by atoms with E-state index in [9.17, 15) is 0 Å². The first kappa shape index (κ1) is 7.37. The number of rotatable bonds is 1. The van der Waals surface area contributed by atoms with Crippen LogP contribution in [-0.4, -0.2) is 0 Å². The van der Waals surface area contributed by atoms with Gasteiger partial charge in [0.1, 0.15) is 0 Å². The predicted octanol–water partition coefficient (Wildman–Crippen LogP) is 2.52. The lowest BCUT2D eigenvalue weighted by Gasteiger charge is -1.92. The summed E-state index contributed by atoms with van der Waals surface area (Å²) in [4.78, 5) is 0. The van der Waals surface area contributed by atoms with Gasteiger partial charge in [0, 0.05) is 10.9 Å². The van der Waals surface area contributed by atoms with Crippen molar-refractivity contribution in [2.75, 3.05) is 0 Å². The zero-order valence-corrected chi connectivity index (χ0v) is 6.98. The first-order valence-corrected chi connectivity index (χ1v) is 4.06. The fourth-order valence-corrected chi connectivity index (χ4v) is 1.05. The van der Waals surface area contributed by atoms with Gasteiger partial charge in [-0.3, -0.25) is 0 Å². The average molecular weight is 194 g/mol. The first-order valence-electron chi connectivity index (χ1n) is 2.94. The van der Waals surface area contributed by atoms with Gasteiger partial charge >= 0.3 is 0 Å². The molecule has 0 N–H and O–H groups in total. The molecule has 0 amide bonds. The molecule has 0 atom stereocenters. The highest BCUT2D eigenvalue weighted by Crippen LogP contribution is 2.06. The van der Waals surface area contributed by atoms with Crippen LogP contribution in [0.2, 0.25) is 0 Å². The van der Waals surface area contributed by atoms with Crippen LogP contribution in [0.4, 0.5) is 0 Å². The quantitative estimate of drug-likeness (QED) is 0.476. The Morgan fingerprint density at radius 1 is 1.30 bits per heavy atom. The van der Waals surface area contributed by atoms with E-state index >= 15 is 0 Å². The summed E-state index contributed by atoms with van der Waals surface area (Å²) in [5.74, 6) is 2.31. The first-order chi connectivity index (χ1) is 4.86. The van der Waals surface area contributed by atoms with Crippen molar-refractivity contribution in [1.82, 2.24) is 0 Å². The molecule has 0 heterocycles. The van der Waals surface area contributed by atoms with Crippen molar-refractivity contribution in [3.63, 3.8) is 0 Å². The SMILES string of the molecule is [C]#Cc1ccc(CBr)cc1. The summed E-state index contributed by atoms with van der Waals surface area (Å²) in [6.07, 6.45) is 6.81. The van der Waals surface area contributed by atoms with E-state index in [0.717, 1.165) is 10.9 Å². The molecule has 0 aliphatic carbocycles. The molecule has 0 unspecified atom stereocenters. The highest BCUT2D eigenvalue weighted by Gasteiger charge is 1.87. The van der Waals surface area contributed by atoms with Crippen molar-refractivity contribution in [3.8, 4) is 5.92 Å². The number of benzene rings is 1. The molecule has 1 aromatic rings. The van der Waals surface area contributed by atoms with Crippen LogP contribution in [-0.2, 0) is 5.33 Å². The number of hydrogen-bond acceptors (Lipinski definition) is 0. The van der Waals surface area contributed by atoms with Crippen LogP contribution in [0.5, 0.6) is 0 Å². The second-order valence-electron chi connectivity index (χ2n) is 1.96. The van der Waals surface area contributed by atoms with E-state index in [2.05, 4.69) is 21.9 Å². The molecule has 1 aromatic carbocycles. The van der Waals surface area contributed by atoms with Crippen LogP contribution < -0.4 is 0 Å². The molecular weight excluding hydrogens is 188 g/mol. The van der Waals surface area contributed by atoms with Gasteiger partial charge in [-0.15, -0.1) is 0 Å². The highest BCUT2D eigenvalue weighted by atomic mass is 79.9. The summed E-state index contributed by atoms with van der Waals surface area (Å²) in [5, 5.41) is 0.866. The smallest absolute Gasteiger partial charge is 0.0283 e. The van der Waals surface area contributed by atoms with E-state index in [1.165, 1.54) is 5.56 Å². The lowest BCUT2D eigenvalue weighted by atomic mass is 10.2. The van der Waals surface area contributed by atoms with Gasteiger partial charge in [-0.1, -0.05) is 34.0 Å². The van der Waals surface area contributed by atoms with E-state index in [1.54, 1.807) is 0 Å². The number of hydrogen-bond donors (Lipinski definition) is 0. The molecule has 49 valence electrons. The minimum absolute atomic E-state index is 0.824. The lowest BCUT2D eigenvalue weighted by Crippen LogP contribution is -1.76. The molecule has 0 fully saturated rings. The summed E-state index contributed by atoms with van der Waals surface area (Å²) in [5.41, 5.74) is 2.05. The fraction of sp³-hybridized carbons (Fsp3) is 0.111. The Labute approximate surface area is 69.4 Å². The largest absolute Gasteiger partial charge is 0.0876 e. The van der Waals surface area contributed by atoms with Gasteiger partial charge in [0.25, 0.3) is 0 Å². The van der Waals surface area contributed by atoms with Crippen molar-refractivity contribution in [2.45, 2.75) is 5.33 Å². The van der Waals surface area contributed by atoms with Gasteiger partial charge in [-0.2, -0.15) is 0 Å². The van der Waals surface area contributed by atoms with E-state index in [1.807, 2.05) is 24.3 Å². The summed E-state index contributed by atoms with van der Waals surface area (Å²) in [7, 11) is 0. The van der Waals surface area contributed by atoms with Gasteiger partial charge in [0.2, 0.25) is 0 Å². The van der Waals surface area contributed by atoms with Crippen LogP contribution in [0.25, 0.3) is 0 Å². The van der Waals surface area contributed by atoms with E-state index in [0.29, 0.717) is 0 Å². The van der Waals surface area contributed by atoms with Crippen molar-refractivity contribution < 1.29 is 0 Å². The third-order valence-electron chi connectivity index (χ3n) is 1.25. The average Bonchev–Trinajstić information content (AvgIpc) is 2.05. The standard InChI is InChI=1S/C9H6Br/c1-2-8-3-5-9(7-10)6-4-8/h3-6H,7H2. The van der Waals surface area contributed by atoms with Crippen LogP contribution in [0.15, 0.2) is 24.3 Å². The second kappa shape index (κ2) is 3.43. The summed E-state index contributed by atoms with van der Waals surface area (Å²) < 4.78 is 0. The molecule has 0 aliphatic rings. The van der Waals surface area contributed by atoms with E-state index < -0.39 is 0 Å². The van der Waals surface area contributed by atoms with Gasteiger partial charge in [-0.05, 0) is 24.1 Å². The third-order valence-corrected chi connectivity index (χ3v) is 1.90. The van der Waals surface area contributed by atoms with Crippen molar-refractivity contribution in [2.24, 2.45) is 0 Å². The zero-order valence-electron chi connectivity index (χ0n) is 5.39. The molecule has 0 aromatic heterocycles. The number of alkyl halides is 1. The molecule has 10 heavy (non-hydrogen) atoms. The van der Waals surface area contributed by atoms with Gasteiger partial charge in [-0.25, -0.2) is 0 Å². The van der Waals surface area contributed by atoms with Crippen LogP contribution in [0.1, 0.15) is 11.1 Å². The van der Waals surface area contributed by atoms with Crippen molar-refractivity contribution in [3.05, 3.63) is 41.8 Å². The second-order valence-corrected chi connectivity index (χ2v) is 2.52. The maximum Gasteiger partial charge on any atom is 0.0283 e. The molecule has 0 spiro atoms. The molecule has 0 nitrogen and oxygen atoms in total. The van der Waals surface area contributed by atoms with E-state index in [-0.39, 0.29) is 0 Å². The molecule has 0 aliphatic heterocycles. The topological polar surface area (TPSA) is 0 Å². The minimum atomic E-state index is 0.824. The third kappa shape index (κ3) is 1.62. The van der Waals surface area contributed by atoms with Crippen LogP contribution in [0, 0.1) is 12.3 Å². The van der Waals surface area contributed by atoms with Crippen LogP contribution in [0.3, 0.4) is 0 Å². The molecule has 0 saturated heterocycles. The summed E-state index contributed by atoms with van der Waals surface area (Å²) >= 11 is 3.34. The Kier molecular flexibility index (Phi) is 2.53.